The zero-order chi connectivity index (χ0) is 68.1. The van der Waals surface area contributed by atoms with Crippen LogP contribution in [0.3, 0.4) is 0 Å². The number of halogens is 14. The summed E-state index contributed by atoms with van der Waals surface area (Å²) < 4.78 is 132. The van der Waals surface area contributed by atoms with Crippen LogP contribution in [-0.4, -0.2) is 5.34 Å². The van der Waals surface area contributed by atoms with E-state index in [1.165, 1.54) is 63.7 Å². The Morgan fingerprint density at radius 2 is 0.309 bits per heavy atom. The Labute approximate surface area is 602 Å². The molecular weight excluding hydrogens is 1790 g/mol. The minimum absolute atomic E-state index is 0. The molecule has 12 aromatic carbocycles. The Bertz CT molecular complexity index is 3620. The molecule has 2 nitrogen and oxygen atoms in total. The molecule has 0 aromatic heterocycles. The number of hydrogen-bond acceptors (Lipinski definition) is 2. The van der Waals surface area contributed by atoms with E-state index in [9.17, 15) is 50.4 Å². The zero-order valence-corrected chi connectivity index (χ0v) is 62.3. The normalized spacial score (nSPS) is 12.4. The third-order valence-corrected chi connectivity index (χ3v) is 24.7. The molecule has 0 saturated heterocycles. The molecule has 24 heteroatoms. The topological polar surface area (TPSA) is 18.5 Å². The van der Waals surface area contributed by atoms with Crippen LogP contribution in [0.5, 0.6) is 23.0 Å². The number of para-hydroxylation sites is 4. The second-order valence-electron chi connectivity index (χ2n) is 20.6. The molecule has 0 N–H and O–H groups in total. The van der Waals surface area contributed by atoms with Crippen molar-refractivity contribution in [1.29, 1.82) is 0 Å². The number of rotatable bonds is 16. The maximum absolute atomic E-state index is 10.7. The zero-order valence-electron chi connectivity index (χ0n) is 50.6. The van der Waals surface area contributed by atoms with Gasteiger partial charge in [-0.15, -0.1) is 23.2 Å². The SMILES string of the molecule is ClCCl.F[P-](F)(F)(F)(F)F.F[P-](F)(F)(F)(F)F.[Au+].[Au+].c1ccc([PH+](c2ccccc2)c2ccccc2Oc2ccccc2[PH+](c2ccccc2)c2ccccc2)cc1.c1ccc([PH+](c2ccccc2)c2ccccc2Oc2ccccc2[PH+](c2ccccc2)c2ccccc2)cc1. The van der Waals surface area contributed by atoms with Crippen molar-refractivity contribution in [2.24, 2.45) is 0 Å². The van der Waals surface area contributed by atoms with Gasteiger partial charge in [-0.2, -0.15) is 0 Å². The summed E-state index contributed by atoms with van der Waals surface area (Å²) in [5, 5.41) is 16.0. The van der Waals surface area contributed by atoms with E-state index in [1.54, 1.807) is 0 Å². The van der Waals surface area contributed by atoms with Crippen molar-refractivity contribution in [3.05, 3.63) is 340 Å². The minimum atomic E-state index is -10.7. The Morgan fingerprint density at radius 1 is 0.206 bits per heavy atom. The van der Waals surface area contributed by atoms with Crippen LogP contribution in [-0.2, 0) is 44.8 Å². The van der Waals surface area contributed by atoms with Crippen LogP contribution in [0.15, 0.2) is 340 Å². The van der Waals surface area contributed by atoms with E-state index in [2.05, 4.69) is 340 Å². The van der Waals surface area contributed by atoms with Crippen molar-refractivity contribution in [2.75, 3.05) is 5.34 Å². The summed E-state index contributed by atoms with van der Waals surface area (Å²) in [6.07, 6.45) is 0. The summed E-state index contributed by atoms with van der Waals surface area (Å²) >= 11 is 9.53. The number of benzene rings is 12. The van der Waals surface area contributed by atoms with Crippen molar-refractivity contribution in [1.82, 2.24) is 0 Å². The quantitative estimate of drug-likeness (QED) is 0.0415. The number of hydrogen-bond donors (Lipinski definition) is 0. The molecule has 0 amide bonds. The van der Waals surface area contributed by atoms with E-state index in [-0.39, 0.29) is 50.1 Å². The van der Waals surface area contributed by atoms with Crippen molar-refractivity contribution < 1.29 is 105 Å². The van der Waals surface area contributed by atoms with E-state index in [0.717, 1.165) is 23.0 Å². The van der Waals surface area contributed by atoms with Gasteiger partial charge in [0.05, 0.1) is 5.34 Å². The van der Waals surface area contributed by atoms with Gasteiger partial charge in [0.15, 0.2) is 23.0 Å². The van der Waals surface area contributed by atoms with Crippen LogP contribution >= 0.6 is 70.5 Å². The summed E-state index contributed by atoms with van der Waals surface area (Å²) in [6.45, 7) is 0. The minimum Gasteiger partial charge on any atom is -0.449 e. The van der Waals surface area contributed by atoms with Crippen LogP contribution in [0, 0.1) is 0 Å². The summed E-state index contributed by atoms with van der Waals surface area (Å²) in [5.74, 6) is 3.70. The molecule has 0 atom stereocenters. The fraction of sp³-hybridized carbons (Fsp3) is 0.0137. The largest absolute Gasteiger partial charge is 1.00 e. The van der Waals surface area contributed by atoms with Gasteiger partial charge in [-0.05, 0) is 146 Å². The molecule has 0 spiro atoms. The van der Waals surface area contributed by atoms with Crippen LogP contribution in [0.2, 0.25) is 0 Å². The first-order valence-electron chi connectivity index (χ1n) is 29.0. The third-order valence-electron chi connectivity index (χ3n) is 13.6. The maximum Gasteiger partial charge on any atom is 1.00 e. The Hall–Kier alpha value is -5.96. The van der Waals surface area contributed by atoms with Crippen LogP contribution in [0.1, 0.15) is 0 Å². The number of ether oxygens (including phenoxy) is 2. The molecule has 0 aliphatic carbocycles. The molecular formula is C73H62Au2Cl2F12O2P6+4. The van der Waals surface area contributed by atoms with E-state index in [1.807, 2.05) is 0 Å². The molecule has 512 valence electrons. The molecule has 12 aromatic rings. The first-order chi connectivity index (χ1) is 45.1. The van der Waals surface area contributed by atoms with Crippen LogP contribution < -0.4 is 73.1 Å². The first-order valence-corrected chi connectivity index (χ1v) is 40.1. The Balaban J connectivity index is 0.000000244. The summed E-state index contributed by atoms with van der Waals surface area (Å²) in [7, 11) is -26.4. The molecule has 0 unspecified atom stereocenters. The molecule has 0 fully saturated rings. The third kappa shape index (κ3) is 27.9. The molecule has 0 aliphatic heterocycles. The van der Waals surface area contributed by atoms with Gasteiger partial charge in [0.25, 0.3) is 0 Å². The molecule has 97 heavy (non-hydrogen) atoms. The molecule has 0 bridgehead atoms. The number of alkyl halides is 2. The predicted octanol–water partition coefficient (Wildman–Crippen LogP) is 21.1. The van der Waals surface area contributed by atoms with E-state index in [4.69, 9.17) is 32.7 Å². The van der Waals surface area contributed by atoms with Crippen LogP contribution in [0.4, 0.5) is 50.4 Å². The second-order valence-corrected chi connectivity index (χ2v) is 35.0. The average Bonchev–Trinajstić information content (AvgIpc) is 0.797. The van der Waals surface area contributed by atoms with Gasteiger partial charge in [-0.1, -0.05) is 194 Å². The predicted molar refractivity (Wildman–Crippen MR) is 390 cm³/mol. The van der Waals surface area contributed by atoms with Gasteiger partial charge >= 0.3 is 111 Å². The summed E-state index contributed by atoms with van der Waals surface area (Å²) in [5.41, 5.74) is 0. The van der Waals surface area contributed by atoms with Gasteiger partial charge in [0.1, 0.15) is 95.3 Å². The van der Waals surface area contributed by atoms with Crippen LogP contribution in [0.25, 0.3) is 0 Å². The van der Waals surface area contributed by atoms with E-state index >= 15 is 0 Å². The van der Waals surface area contributed by atoms with Crippen molar-refractivity contribution >= 4 is 134 Å². The van der Waals surface area contributed by atoms with Gasteiger partial charge in [0, 0.05) is 0 Å². The molecule has 0 heterocycles. The fourth-order valence-electron chi connectivity index (χ4n) is 10.0. The molecule has 0 radical (unpaired) electrons. The smallest absolute Gasteiger partial charge is 0.449 e. The van der Waals surface area contributed by atoms with Crippen molar-refractivity contribution in [3.63, 3.8) is 0 Å². The van der Waals surface area contributed by atoms with Crippen molar-refractivity contribution in [2.45, 2.75) is 0 Å². The molecule has 12 rings (SSSR count). The van der Waals surface area contributed by atoms with Gasteiger partial charge in [0.2, 0.25) is 0 Å². The maximum atomic E-state index is 9.87. The van der Waals surface area contributed by atoms with Crippen molar-refractivity contribution in [3.8, 4) is 23.0 Å². The van der Waals surface area contributed by atoms with Gasteiger partial charge in [-0.3, -0.25) is 0 Å². The second kappa shape index (κ2) is 34.9. The Kier molecular flexibility index (Phi) is 28.8. The monoisotopic (exact) mass is 1850 g/mol. The summed E-state index contributed by atoms with van der Waals surface area (Å²) in [4.78, 5) is 0. The average molecular weight is 1850 g/mol. The molecule has 0 aliphatic rings. The standard InChI is InChI=1S/2C36H28OP2.CH2Cl2.2Au.2F6P/c2*1-5-17-29(18-6-1)38(30-19-7-2-8-20-30)35-27-15-13-25-33(35)37-34-26-14-16-28-36(34)39(31-21-9-3-10-22-31)32-23-11-4-12-24-32;2-1-3;;;2*1-7(2,3,4,5)6/h2*1-28H;1H2;;;;/q;;;2*+1;2*-1/p+4. The Morgan fingerprint density at radius 3 is 0.433 bits per heavy atom. The van der Waals surface area contributed by atoms with Gasteiger partial charge < -0.3 is 9.47 Å². The van der Waals surface area contributed by atoms with Gasteiger partial charge in [-0.25, -0.2) is 0 Å². The summed E-state index contributed by atoms with van der Waals surface area (Å²) in [6, 6.07) is 121. The molecule has 0 saturated carbocycles. The van der Waals surface area contributed by atoms with E-state index < -0.39 is 47.3 Å². The first kappa shape index (κ1) is 80.0. The van der Waals surface area contributed by atoms with E-state index in [0.29, 0.717) is 0 Å². The fourth-order valence-corrected chi connectivity index (χ4v) is 20.6.